The molecule has 0 unspecified atom stereocenters. The summed E-state index contributed by atoms with van der Waals surface area (Å²) in [6, 6.07) is 5.99. The van der Waals surface area contributed by atoms with Crippen molar-refractivity contribution in [2.45, 2.75) is 51.9 Å². The SMILES string of the molecule is Cc1noc([C@@H](C)Sc2nc3sc(C)c(C)c3c(=O)n2-c2cccc(C)c2C)n1. The van der Waals surface area contributed by atoms with Gasteiger partial charge in [-0.1, -0.05) is 29.1 Å². The monoisotopic (exact) mass is 426 g/mol. The summed E-state index contributed by atoms with van der Waals surface area (Å²) in [4.78, 5) is 24.7. The molecule has 1 atom stereocenters. The summed E-state index contributed by atoms with van der Waals surface area (Å²) in [6.07, 6.45) is 0. The Morgan fingerprint density at radius 1 is 1.10 bits per heavy atom. The molecule has 0 radical (unpaired) electrons. The second kappa shape index (κ2) is 7.42. The lowest BCUT2D eigenvalue weighted by atomic mass is 10.1. The van der Waals surface area contributed by atoms with E-state index in [4.69, 9.17) is 9.51 Å². The van der Waals surface area contributed by atoms with Gasteiger partial charge in [0.15, 0.2) is 11.0 Å². The molecule has 29 heavy (non-hydrogen) atoms. The number of thiophene rings is 1. The van der Waals surface area contributed by atoms with Crippen LogP contribution in [0.4, 0.5) is 0 Å². The van der Waals surface area contributed by atoms with Crippen molar-refractivity contribution in [2.24, 2.45) is 0 Å². The molecule has 8 heteroatoms. The third-order valence-electron chi connectivity index (χ3n) is 5.16. The Balaban J connectivity index is 1.97. The first-order chi connectivity index (χ1) is 13.8. The van der Waals surface area contributed by atoms with Crippen LogP contribution in [0.15, 0.2) is 32.7 Å². The van der Waals surface area contributed by atoms with E-state index in [1.54, 1.807) is 22.8 Å². The van der Waals surface area contributed by atoms with Gasteiger partial charge in [0.05, 0.1) is 16.3 Å². The summed E-state index contributed by atoms with van der Waals surface area (Å²) in [5.74, 6) is 1.11. The normalized spacial score (nSPS) is 12.6. The summed E-state index contributed by atoms with van der Waals surface area (Å²) in [6.45, 7) is 11.9. The predicted molar refractivity (Wildman–Crippen MR) is 117 cm³/mol. The lowest BCUT2D eigenvalue weighted by molar-refractivity contribution is 0.376. The van der Waals surface area contributed by atoms with Crippen molar-refractivity contribution in [2.75, 3.05) is 0 Å². The zero-order chi connectivity index (χ0) is 20.9. The Morgan fingerprint density at radius 2 is 1.86 bits per heavy atom. The van der Waals surface area contributed by atoms with Gasteiger partial charge in [-0.2, -0.15) is 4.98 Å². The number of fused-ring (bicyclic) bond motifs is 1. The Morgan fingerprint density at radius 3 is 2.55 bits per heavy atom. The van der Waals surface area contributed by atoms with Gasteiger partial charge in [-0.25, -0.2) is 4.98 Å². The van der Waals surface area contributed by atoms with Crippen molar-refractivity contribution in [3.63, 3.8) is 0 Å². The van der Waals surface area contributed by atoms with Gasteiger partial charge < -0.3 is 4.52 Å². The average molecular weight is 427 g/mol. The molecule has 0 aliphatic heterocycles. The Kier molecular flexibility index (Phi) is 5.08. The van der Waals surface area contributed by atoms with Gasteiger partial charge >= 0.3 is 0 Å². The van der Waals surface area contributed by atoms with Gasteiger partial charge in [-0.15, -0.1) is 11.3 Å². The number of nitrogens with zero attached hydrogens (tertiary/aromatic N) is 4. The van der Waals surface area contributed by atoms with Gasteiger partial charge in [0.1, 0.15) is 4.83 Å². The average Bonchev–Trinajstić information content (AvgIpc) is 3.22. The van der Waals surface area contributed by atoms with Crippen LogP contribution in [0.5, 0.6) is 0 Å². The lowest BCUT2D eigenvalue weighted by Crippen LogP contribution is -2.23. The fraction of sp³-hybridized carbons (Fsp3) is 0.333. The zero-order valence-corrected chi connectivity index (χ0v) is 18.9. The van der Waals surface area contributed by atoms with Gasteiger partial charge in [0, 0.05) is 4.88 Å². The Bertz CT molecular complexity index is 1290. The van der Waals surface area contributed by atoms with Gasteiger partial charge in [0.2, 0.25) is 5.89 Å². The third-order valence-corrected chi connectivity index (χ3v) is 7.30. The second-order valence-corrected chi connectivity index (χ2v) is 9.67. The maximum absolute atomic E-state index is 13.6. The standard InChI is InChI=1S/C21H22N4O2S2/c1-10-8-7-9-16(11(10)2)25-20(26)17-12(3)13(4)28-19(17)23-21(25)29-14(5)18-22-15(6)24-27-18/h7-9,14H,1-6H3/t14-/m1/s1. The second-order valence-electron chi connectivity index (χ2n) is 7.16. The smallest absolute Gasteiger partial charge is 0.267 e. The van der Waals surface area contributed by atoms with Crippen LogP contribution in [0.3, 0.4) is 0 Å². The maximum atomic E-state index is 13.6. The van der Waals surface area contributed by atoms with Crippen molar-refractivity contribution in [1.82, 2.24) is 19.7 Å². The first-order valence-corrected chi connectivity index (χ1v) is 11.0. The van der Waals surface area contributed by atoms with Crippen molar-refractivity contribution in [1.29, 1.82) is 0 Å². The van der Waals surface area contributed by atoms with Crippen LogP contribution in [0.2, 0.25) is 0 Å². The molecule has 150 valence electrons. The van der Waals surface area contributed by atoms with E-state index < -0.39 is 0 Å². The molecule has 0 spiro atoms. The highest BCUT2D eigenvalue weighted by Crippen LogP contribution is 2.36. The van der Waals surface area contributed by atoms with E-state index in [-0.39, 0.29) is 10.8 Å². The van der Waals surface area contributed by atoms with E-state index in [1.165, 1.54) is 11.8 Å². The molecule has 0 bridgehead atoms. The number of benzene rings is 1. The number of hydrogen-bond acceptors (Lipinski definition) is 7. The molecule has 0 saturated carbocycles. The molecule has 1 aromatic carbocycles. The number of thioether (sulfide) groups is 1. The van der Waals surface area contributed by atoms with Crippen LogP contribution < -0.4 is 5.56 Å². The highest BCUT2D eigenvalue weighted by molar-refractivity contribution is 7.99. The van der Waals surface area contributed by atoms with Crippen LogP contribution in [-0.4, -0.2) is 19.7 Å². The Hall–Kier alpha value is -2.45. The molecule has 0 aliphatic carbocycles. The largest absolute Gasteiger partial charge is 0.338 e. The highest BCUT2D eigenvalue weighted by atomic mass is 32.2. The summed E-state index contributed by atoms with van der Waals surface area (Å²) in [7, 11) is 0. The highest BCUT2D eigenvalue weighted by Gasteiger charge is 2.23. The molecule has 4 aromatic rings. The lowest BCUT2D eigenvalue weighted by Gasteiger charge is -2.16. The molecule has 3 heterocycles. The van der Waals surface area contributed by atoms with Crippen LogP contribution >= 0.6 is 23.1 Å². The minimum Gasteiger partial charge on any atom is -0.338 e. The molecule has 0 amide bonds. The molecule has 4 rings (SSSR count). The number of aryl methyl sites for hydroxylation is 4. The molecule has 6 nitrogen and oxygen atoms in total. The van der Waals surface area contributed by atoms with Crippen LogP contribution in [0.1, 0.15) is 45.5 Å². The summed E-state index contributed by atoms with van der Waals surface area (Å²) < 4.78 is 7.06. The first-order valence-electron chi connectivity index (χ1n) is 9.34. The summed E-state index contributed by atoms with van der Waals surface area (Å²) in [5.41, 5.74) is 4.00. The number of rotatable bonds is 4. The van der Waals surface area contributed by atoms with Crippen molar-refractivity contribution >= 4 is 33.3 Å². The van der Waals surface area contributed by atoms with E-state index in [2.05, 4.69) is 10.1 Å². The molecule has 3 aromatic heterocycles. The summed E-state index contributed by atoms with van der Waals surface area (Å²) in [5, 5.41) is 5.06. The molecule has 0 N–H and O–H groups in total. The fourth-order valence-electron chi connectivity index (χ4n) is 3.23. The van der Waals surface area contributed by atoms with Crippen LogP contribution in [-0.2, 0) is 0 Å². The number of hydrogen-bond donors (Lipinski definition) is 0. The molecular formula is C21H22N4O2S2. The fourth-order valence-corrected chi connectivity index (χ4v) is 5.25. The van der Waals surface area contributed by atoms with E-state index in [9.17, 15) is 4.79 Å². The third kappa shape index (κ3) is 3.40. The van der Waals surface area contributed by atoms with Gasteiger partial charge in [-0.05, 0) is 64.3 Å². The maximum Gasteiger partial charge on any atom is 0.267 e. The minimum atomic E-state index is -0.140. The molecular weight excluding hydrogens is 404 g/mol. The van der Waals surface area contributed by atoms with Crippen molar-refractivity contribution in [3.05, 3.63) is 61.8 Å². The van der Waals surface area contributed by atoms with Crippen LogP contribution in [0, 0.1) is 34.6 Å². The summed E-state index contributed by atoms with van der Waals surface area (Å²) >= 11 is 3.01. The van der Waals surface area contributed by atoms with Crippen molar-refractivity contribution < 1.29 is 4.52 Å². The van der Waals surface area contributed by atoms with E-state index in [0.29, 0.717) is 22.3 Å². The van der Waals surface area contributed by atoms with E-state index >= 15 is 0 Å². The topological polar surface area (TPSA) is 73.8 Å². The van der Waals surface area contributed by atoms with Crippen molar-refractivity contribution in [3.8, 4) is 5.69 Å². The van der Waals surface area contributed by atoms with Gasteiger partial charge in [0.25, 0.3) is 5.56 Å². The molecule has 0 fully saturated rings. The molecule has 0 saturated heterocycles. The first kappa shape index (κ1) is 19.8. The quantitative estimate of drug-likeness (QED) is 0.329. The van der Waals surface area contributed by atoms with E-state index in [1.807, 2.05) is 52.8 Å². The predicted octanol–water partition coefficient (Wildman–Crippen LogP) is 5.23. The minimum absolute atomic E-state index is 0.0399. The Labute approximate surface area is 177 Å². The van der Waals surface area contributed by atoms with Gasteiger partial charge in [-0.3, -0.25) is 9.36 Å². The number of aromatic nitrogens is 4. The van der Waals surface area contributed by atoms with Crippen LogP contribution in [0.25, 0.3) is 15.9 Å². The van der Waals surface area contributed by atoms with E-state index in [0.717, 1.165) is 32.1 Å². The zero-order valence-electron chi connectivity index (χ0n) is 17.2. The molecule has 0 aliphatic rings.